The second kappa shape index (κ2) is 3.79. The van der Waals surface area contributed by atoms with E-state index in [0.717, 1.165) is 19.4 Å². The van der Waals surface area contributed by atoms with Crippen LogP contribution in [0.2, 0.25) is 0 Å². The molecule has 1 aromatic carbocycles. The number of hydrogen-bond donors (Lipinski definition) is 1. The van der Waals surface area contributed by atoms with Gasteiger partial charge in [0.2, 0.25) is 0 Å². The topological polar surface area (TPSA) is 21.3 Å². The van der Waals surface area contributed by atoms with Gasteiger partial charge in [0.05, 0.1) is 6.61 Å². The van der Waals surface area contributed by atoms with Gasteiger partial charge in [-0.25, -0.2) is 0 Å². The fourth-order valence-corrected chi connectivity index (χ4v) is 1.61. The van der Waals surface area contributed by atoms with Crippen LogP contribution < -0.4 is 5.32 Å². The van der Waals surface area contributed by atoms with Crippen molar-refractivity contribution in [3.8, 4) is 0 Å². The lowest BCUT2D eigenvalue weighted by atomic mass is 10.1. The van der Waals surface area contributed by atoms with E-state index in [4.69, 9.17) is 4.74 Å². The van der Waals surface area contributed by atoms with Crippen LogP contribution in [-0.2, 0) is 11.3 Å². The number of nitrogens with one attached hydrogen (secondary N) is 1. The molecule has 1 aliphatic rings. The van der Waals surface area contributed by atoms with Gasteiger partial charge in [0.25, 0.3) is 0 Å². The molecule has 0 radical (unpaired) electrons. The molecule has 2 rings (SSSR count). The highest BCUT2D eigenvalue weighted by atomic mass is 16.5. The third-order valence-corrected chi connectivity index (χ3v) is 2.32. The van der Waals surface area contributed by atoms with Crippen LogP contribution in [0.4, 0.5) is 5.69 Å². The molecular weight excluding hydrogens is 162 g/mol. The van der Waals surface area contributed by atoms with Gasteiger partial charge in [0, 0.05) is 11.3 Å². The van der Waals surface area contributed by atoms with Crippen LogP contribution in [0.25, 0.3) is 0 Å². The van der Waals surface area contributed by atoms with Crippen LogP contribution in [0.1, 0.15) is 25.3 Å². The van der Waals surface area contributed by atoms with E-state index in [0.29, 0.717) is 0 Å². The monoisotopic (exact) mass is 177 g/mol. The van der Waals surface area contributed by atoms with Gasteiger partial charge in [-0.3, -0.25) is 0 Å². The summed E-state index contributed by atoms with van der Waals surface area (Å²) in [5.41, 5.74) is 2.49. The average Bonchev–Trinajstić information content (AvgIpc) is 2.18. The molecule has 0 aromatic heterocycles. The van der Waals surface area contributed by atoms with Gasteiger partial charge >= 0.3 is 0 Å². The highest BCUT2D eigenvalue weighted by Gasteiger charge is 2.15. The van der Waals surface area contributed by atoms with E-state index in [1.165, 1.54) is 11.3 Å². The van der Waals surface area contributed by atoms with Gasteiger partial charge in [-0.1, -0.05) is 31.5 Å². The summed E-state index contributed by atoms with van der Waals surface area (Å²) in [4.78, 5) is 0. The summed E-state index contributed by atoms with van der Waals surface area (Å²) in [5.74, 6) is 0. The Balaban J connectivity index is 2.11. The van der Waals surface area contributed by atoms with Crippen LogP contribution in [0.5, 0.6) is 0 Å². The van der Waals surface area contributed by atoms with Crippen LogP contribution in [-0.4, -0.2) is 6.23 Å². The molecule has 2 heteroatoms. The zero-order valence-electron chi connectivity index (χ0n) is 7.92. The van der Waals surface area contributed by atoms with Gasteiger partial charge in [0.15, 0.2) is 0 Å². The minimum Gasteiger partial charge on any atom is -0.360 e. The summed E-state index contributed by atoms with van der Waals surface area (Å²) < 4.78 is 5.63. The summed E-state index contributed by atoms with van der Waals surface area (Å²) in [6, 6.07) is 8.31. The Labute approximate surface area is 78.9 Å². The molecule has 0 bridgehead atoms. The number of para-hydroxylation sites is 1. The molecule has 0 amide bonds. The first kappa shape index (κ1) is 8.57. The number of rotatable bonds is 2. The second-order valence-electron chi connectivity index (χ2n) is 3.39. The summed E-state index contributed by atoms with van der Waals surface area (Å²) >= 11 is 0. The Hall–Kier alpha value is -1.02. The van der Waals surface area contributed by atoms with Crippen molar-refractivity contribution in [2.75, 3.05) is 5.32 Å². The third kappa shape index (κ3) is 1.83. The zero-order chi connectivity index (χ0) is 9.10. The van der Waals surface area contributed by atoms with Crippen molar-refractivity contribution in [3.05, 3.63) is 29.8 Å². The maximum atomic E-state index is 5.63. The SMILES string of the molecule is CCCC1Nc2ccccc2CO1. The zero-order valence-corrected chi connectivity index (χ0v) is 7.92. The molecule has 0 aliphatic carbocycles. The van der Waals surface area contributed by atoms with Gasteiger partial charge < -0.3 is 10.1 Å². The lowest BCUT2D eigenvalue weighted by Gasteiger charge is -2.27. The maximum Gasteiger partial charge on any atom is 0.128 e. The van der Waals surface area contributed by atoms with Crippen molar-refractivity contribution in [1.82, 2.24) is 0 Å². The minimum absolute atomic E-state index is 0.208. The largest absolute Gasteiger partial charge is 0.360 e. The fourth-order valence-electron chi connectivity index (χ4n) is 1.61. The molecule has 1 aliphatic heterocycles. The molecule has 1 aromatic rings. The number of fused-ring (bicyclic) bond motifs is 1. The van der Waals surface area contributed by atoms with E-state index < -0.39 is 0 Å². The molecule has 0 fully saturated rings. The third-order valence-electron chi connectivity index (χ3n) is 2.32. The quantitative estimate of drug-likeness (QED) is 0.750. The molecule has 1 heterocycles. The Morgan fingerprint density at radius 2 is 2.31 bits per heavy atom. The molecule has 2 nitrogen and oxygen atoms in total. The number of anilines is 1. The van der Waals surface area contributed by atoms with Crippen molar-refractivity contribution in [1.29, 1.82) is 0 Å². The molecule has 0 saturated heterocycles. The van der Waals surface area contributed by atoms with Crippen LogP contribution in [0.15, 0.2) is 24.3 Å². The van der Waals surface area contributed by atoms with Crippen molar-refractivity contribution in [2.24, 2.45) is 0 Å². The van der Waals surface area contributed by atoms with E-state index in [9.17, 15) is 0 Å². The minimum atomic E-state index is 0.208. The molecule has 0 spiro atoms. The maximum absolute atomic E-state index is 5.63. The number of hydrogen-bond acceptors (Lipinski definition) is 2. The van der Waals surface area contributed by atoms with Crippen LogP contribution in [0, 0.1) is 0 Å². The van der Waals surface area contributed by atoms with E-state index in [1.54, 1.807) is 0 Å². The Morgan fingerprint density at radius 1 is 1.46 bits per heavy atom. The van der Waals surface area contributed by atoms with Gasteiger partial charge in [-0.2, -0.15) is 0 Å². The predicted molar refractivity (Wildman–Crippen MR) is 53.5 cm³/mol. The highest BCUT2D eigenvalue weighted by Crippen LogP contribution is 2.23. The second-order valence-corrected chi connectivity index (χ2v) is 3.39. The smallest absolute Gasteiger partial charge is 0.128 e. The van der Waals surface area contributed by atoms with Gasteiger partial charge in [-0.15, -0.1) is 0 Å². The molecule has 1 atom stereocenters. The first-order chi connectivity index (χ1) is 6.40. The van der Waals surface area contributed by atoms with E-state index in [-0.39, 0.29) is 6.23 Å². The van der Waals surface area contributed by atoms with Crippen molar-refractivity contribution in [3.63, 3.8) is 0 Å². The molecule has 0 saturated carbocycles. The summed E-state index contributed by atoms with van der Waals surface area (Å²) in [7, 11) is 0. The van der Waals surface area contributed by atoms with Crippen molar-refractivity contribution in [2.45, 2.75) is 32.6 Å². The Morgan fingerprint density at radius 3 is 3.15 bits per heavy atom. The molecular formula is C11H15NO. The van der Waals surface area contributed by atoms with Gasteiger partial charge in [0.1, 0.15) is 6.23 Å². The average molecular weight is 177 g/mol. The first-order valence-electron chi connectivity index (χ1n) is 4.86. The molecule has 13 heavy (non-hydrogen) atoms. The van der Waals surface area contributed by atoms with E-state index in [1.807, 2.05) is 6.07 Å². The van der Waals surface area contributed by atoms with Crippen LogP contribution >= 0.6 is 0 Å². The molecule has 70 valence electrons. The normalized spacial score (nSPS) is 20.5. The Kier molecular flexibility index (Phi) is 2.50. The highest BCUT2D eigenvalue weighted by molar-refractivity contribution is 5.52. The van der Waals surface area contributed by atoms with Crippen molar-refractivity contribution >= 4 is 5.69 Å². The van der Waals surface area contributed by atoms with E-state index >= 15 is 0 Å². The predicted octanol–water partition coefficient (Wildman–Crippen LogP) is 2.75. The lowest BCUT2D eigenvalue weighted by molar-refractivity contribution is 0.0455. The number of benzene rings is 1. The van der Waals surface area contributed by atoms with Crippen molar-refractivity contribution < 1.29 is 4.74 Å². The Bertz CT molecular complexity index is 285. The van der Waals surface area contributed by atoms with Crippen LogP contribution in [0.3, 0.4) is 0 Å². The van der Waals surface area contributed by atoms with Gasteiger partial charge in [-0.05, 0) is 12.5 Å². The molecule has 1 unspecified atom stereocenters. The standard InChI is InChI=1S/C11H15NO/c1-2-5-11-12-10-7-4-3-6-9(10)8-13-11/h3-4,6-7,11-12H,2,5,8H2,1H3. The lowest BCUT2D eigenvalue weighted by Crippen LogP contribution is -2.27. The summed E-state index contributed by atoms with van der Waals surface area (Å²) in [6.45, 7) is 2.92. The fraction of sp³-hybridized carbons (Fsp3) is 0.455. The first-order valence-corrected chi connectivity index (χ1v) is 4.86. The summed E-state index contributed by atoms with van der Waals surface area (Å²) in [6.07, 6.45) is 2.44. The van der Waals surface area contributed by atoms with E-state index in [2.05, 4.69) is 30.4 Å². The summed E-state index contributed by atoms with van der Waals surface area (Å²) in [5, 5.41) is 3.38. The molecule has 1 N–H and O–H groups in total. The number of ether oxygens (including phenoxy) is 1.